The van der Waals surface area contributed by atoms with Gasteiger partial charge in [-0.25, -0.2) is 14.6 Å². The molecule has 0 aliphatic rings. The van der Waals surface area contributed by atoms with Crippen molar-refractivity contribution in [1.82, 2.24) is 35.0 Å². The minimum atomic E-state index is -0.0531. The predicted molar refractivity (Wildman–Crippen MR) is 138 cm³/mol. The minimum Gasteiger partial charge on any atom is -0.274 e. The van der Waals surface area contributed by atoms with E-state index in [1.165, 1.54) is 19.3 Å². The van der Waals surface area contributed by atoms with Crippen molar-refractivity contribution in [2.45, 2.75) is 65.0 Å². The lowest BCUT2D eigenvalue weighted by molar-refractivity contribution is 0.583. The molecule has 1 N–H and O–H groups in total. The molecule has 182 valence electrons. The Hall–Kier alpha value is -3.81. The molecule has 0 saturated heterocycles. The lowest BCUT2D eigenvalue weighted by Crippen LogP contribution is -2.26. The third-order valence-electron chi connectivity index (χ3n) is 6.18. The number of allylic oxidation sites excluding steroid dienone is 1. The first kappa shape index (κ1) is 24.3. The van der Waals surface area contributed by atoms with Crippen molar-refractivity contribution in [3.8, 4) is 22.5 Å². The van der Waals surface area contributed by atoms with Gasteiger partial charge >= 0.3 is 5.69 Å². The number of benzene rings is 2. The van der Waals surface area contributed by atoms with Gasteiger partial charge in [-0.3, -0.25) is 4.57 Å². The highest BCUT2D eigenvalue weighted by Crippen LogP contribution is 2.29. The molecule has 8 nitrogen and oxygen atoms in total. The summed E-state index contributed by atoms with van der Waals surface area (Å²) in [6.07, 6.45) is 9.27. The number of rotatable bonds is 13. The number of nitrogens with zero attached hydrogens (tertiary/aromatic N) is 6. The van der Waals surface area contributed by atoms with Gasteiger partial charge in [0, 0.05) is 18.5 Å². The number of H-pyrrole nitrogens is 1. The van der Waals surface area contributed by atoms with Crippen LogP contribution < -0.4 is 5.69 Å². The monoisotopic (exact) mass is 471 g/mol. The first-order valence-electron chi connectivity index (χ1n) is 12.4. The van der Waals surface area contributed by atoms with E-state index < -0.39 is 0 Å². The summed E-state index contributed by atoms with van der Waals surface area (Å²) in [5, 5.41) is 19.0. The second-order valence-electron chi connectivity index (χ2n) is 8.74. The van der Waals surface area contributed by atoms with E-state index in [2.05, 4.69) is 69.6 Å². The molecule has 0 amide bonds. The van der Waals surface area contributed by atoms with E-state index in [0.29, 0.717) is 18.9 Å². The minimum absolute atomic E-state index is 0.0531. The van der Waals surface area contributed by atoms with Gasteiger partial charge in [0.05, 0.1) is 6.54 Å². The van der Waals surface area contributed by atoms with E-state index in [1.54, 1.807) is 4.68 Å². The van der Waals surface area contributed by atoms with Gasteiger partial charge in [0.1, 0.15) is 5.82 Å². The molecule has 2 aromatic heterocycles. The molecule has 0 spiro atoms. The second kappa shape index (κ2) is 12.1. The number of aromatic nitrogens is 7. The van der Waals surface area contributed by atoms with Crippen molar-refractivity contribution in [3.05, 3.63) is 83.1 Å². The molecule has 0 atom stereocenters. The van der Waals surface area contributed by atoms with Crippen LogP contribution in [0.4, 0.5) is 0 Å². The molecule has 2 aromatic carbocycles. The van der Waals surface area contributed by atoms with Crippen LogP contribution in [0.3, 0.4) is 0 Å². The quantitative estimate of drug-likeness (QED) is 0.218. The van der Waals surface area contributed by atoms with Gasteiger partial charge < -0.3 is 0 Å². The van der Waals surface area contributed by atoms with Crippen molar-refractivity contribution in [3.63, 3.8) is 0 Å². The number of tetrazole rings is 1. The lowest BCUT2D eigenvalue weighted by atomic mass is 9.98. The molecule has 0 saturated carbocycles. The van der Waals surface area contributed by atoms with E-state index >= 15 is 0 Å². The van der Waals surface area contributed by atoms with Crippen LogP contribution in [0.5, 0.6) is 0 Å². The van der Waals surface area contributed by atoms with Crippen LogP contribution in [0.25, 0.3) is 22.5 Å². The van der Waals surface area contributed by atoms with Gasteiger partial charge in [0.25, 0.3) is 0 Å². The lowest BCUT2D eigenvalue weighted by Gasteiger charge is -2.09. The van der Waals surface area contributed by atoms with Crippen LogP contribution in [0, 0.1) is 0 Å². The molecule has 0 aliphatic carbocycles. The Kier molecular flexibility index (Phi) is 8.38. The Bertz CT molecular complexity index is 1270. The number of hydrogen-bond acceptors (Lipinski definition) is 5. The number of unbranched alkanes of at least 4 members (excludes halogenated alkanes) is 4. The van der Waals surface area contributed by atoms with Gasteiger partial charge in [0.15, 0.2) is 5.82 Å². The summed E-state index contributed by atoms with van der Waals surface area (Å²) in [6, 6.07) is 16.3. The Morgan fingerprint density at radius 3 is 2.49 bits per heavy atom. The van der Waals surface area contributed by atoms with Crippen LogP contribution in [0.2, 0.25) is 0 Å². The third kappa shape index (κ3) is 6.01. The highest BCUT2D eigenvalue weighted by molar-refractivity contribution is 5.80. The number of nitrogens with one attached hydrogen (secondary N) is 1. The Labute approximate surface area is 205 Å². The zero-order valence-electron chi connectivity index (χ0n) is 20.4. The first-order valence-corrected chi connectivity index (χ1v) is 12.4. The SMILES string of the molecule is C=CCCn1nc(CCCCCCC)n(Cc2ccc(-c3ccccc3-c3nnn[nH]3)cc2)c1=O. The van der Waals surface area contributed by atoms with Crippen molar-refractivity contribution < 1.29 is 0 Å². The van der Waals surface area contributed by atoms with Crippen molar-refractivity contribution in [2.24, 2.45) is 0 Å². The molecule has 0 unspecified atom stereocenters. The largest absolute Gasteiger partial charge is 0.346 e. The molecule has 4 aromatic rings. The summed E-state index contributed by atoms with van der Waals surface area (Å²) in [6.45, 7) is 7.05. The molecule has 0 aliphatic heterocycles. The maximum atomic E-state index is 13.1. The fraction of sp³-hybridized carbons (Fsp3) is 0.370. The number of aryl methyl sites for hydroxylation is 2. The molecule has 2 heterocycles. The molecular weight excluding hydrogens is 438 g/mol. The highest BCUT2D eigenvalue weighted by atomic mass is 16.2. The standard InChI is InChI=1S/C27H33N7O/c1-3-5-7-8-9-14-25-30-34(19-6-4-2)27(35)33(25)20-21-15-17-22(18-16-21)23-12-10-11-13-24(23)26-28-31-32-29-26/h4,10-13,15-18H,2-3,5-9,14,19-20H2,1H3,(H,28,29,31,32). The van der Waals surface area contributed by atoms with E-state index in [0.717, 1.165) is 53.8 Å². The maximum absolute atomic E-state index is 13.1. The van der Waals surface area contributed by atoms with E-state index in [-0.39, 0.29) is 5.69 Å². The van der Waals surface area contributed by atoms with Crippen molar-refractivity contribution in [1.29, 1.82) is 0 Å². The fourth-order valence-electron chi connectivity index (χ4n) is 4.26. The molecular formula is C27H33N7O. The molecule has 8 heteroatoms. The van der Waals surface area contributed by atoms with Crippen LogP contribution in [0.1, 0.15) is 56.8 Å². The van der Waals surface area contributed by atoms with E-state index in [1.807, 2.05) is 28.8 Å². The van der Waals surface area contributed by atoms with Gasteiger partial charge in [-0.15, -0.1) is 11.7 Å². The van der Waals surface area contributed by atoms with Gasteiger partial charge in [-0.1, -0.05) is 87.2 Å². The van der Waals surface area contributed by atoms with Crippen LogP contribution in [-0.2, 0) is 19.5 Å². The topological polar surface area (TPSA) is 94.3 Å². The zero-order valence-corrected chi connectivity index (χ0v) is 20.4. The van der Waals surface area contributed by atoms with E-state index in [4.69, 9.17) is 0 Å². The summed E-state index contributed by atoms with van der Waals surface area (Å²) in [4.78, 5) is 13.1. The van der Waals surface area contributed by atoms with Crippen molar-refractivity contribution in [2.75, 3.05) is 0 Å². The number of hydrogen-bond donors (Lipinski definition) is 1. The normalized spacial score (nSPS) is 11.1. The van der Waals surface area contributed by atoms with Crippen LogP contribution in [0.15, 0.2) is 66.0 Å². The smallest absolute Gasteiger partial charge is 0.274 e. The first-order chi connectivity index (χ1) is 17.2. The highest BCUT2D eigenvalue weighted by Gasteiger charge is 2.14. The predicted octanol–water partition coefficient (Wildman–Crippen LogP) is 5.03. The summed E-state index contributed by atoms with van der Waals surface area (Å²) in [5.41, 5.74) is 4.05. The Balaban J connectivity index is 1.54. The number of aromatic amines is 1. The van der Waals surface area contributed by atoms with Crippen LogP contribution in [-0.4, -0.2) is 35.0 Å². The van der Waals surface area contributed by atoms with Gasteiger partial charge in [-0.05, 0) is 40.0 Å². The average molecular weight is 472 g/mol. The molecule has 0 fully saturated rings. The zero-order chi connectivity index (χ0) is 24.5. The molecule has 0 bridgehead atoms. The summed E-state index contributed by atoms with van der Waals surface area (Å²) in [7, 11) is 0. The molecule has 0 radical (unpaired) electrons. The molecule has 35 heavy (non-hydrogen) atoms. The third-order valence-corrected chi connectivity index (χ3v) is 6.18. The maximum Gasteiger partial charge on any atom is 0.346 e. The summed E-state index contributed by atoms with van der Waals surface area (Å²) in [5.74, 6) is 1.49. The summed E-state index contributed by atoms with van der Waals surface area (Å²) >= 11 is 0. The van der Waals surface area contributed by atoms with Crippen LogP contribution >= 0.6 is 0 Å². The molecule has 4 rings (SSSR count). The van der Waals surface area contributed by atoms with E-state index in [9.17, 15) is 4.79 Å². The Morgan fingerprint density at radius 2 is 1.77 bits per heavy atom. The second-order valence-corrected chi connectivity index (χ2v) is 8.74. The van der Waals surface area contributed by atoms with Crippen molar-refractivity contribution >= 4 is 0 Å². The Morgan fingerprint density at radius 1 is 1.00 bits per heavy atom. The average Bonchev–Trinajstić information content (AvgIpc) is 3.52. The fourth-order valence-corrected chi connectivity index (χ4v) is 4.26. The van der Waals surface area contributed by atoms with Gasteiger partial charge in [-0.2, -0.15) is 5.10 Å². The summed E-state index contributed by atoms with van der Waals surface area (Å²) < 4.78 is 3.41. The van der Waals surface area contributed by atoms with Gasteiger partial charge in [0.2, 0.25) is 0 Å².